The second kappa shape index (κ2) is 5.04. The number of pyridine rings is 1. The largest absolute Gasteiger partial charge is 0.263 e. The minimum absolute atomic E-state index is 0.0598. The first-order valence-electron chi connectivity index (χ1n) is 5.06. The summed E-state index contributed by atoms with van der Waals surface area (Å²) in [4.78, 5) is 3.72. The van der Waals surface area contributed by atoms with Crippen molar-refractivity contribution in [2.24, 2.45) is 0 Å². The van der Waals surface area contributed by atoms with Crippen molar-refractivity contribution in [3.63, 3.8) is 0 Å². The van der Waals surface area contributed by atoms with Gasteiger partial charge >= 0.3 is 0 Å². The van der Waals surface area contributed by atoms with Gasteiger partial charge in [0.05, 0.1) is 15.7 Å². The zero-order chi connectivity index (χ0) is 13.2. The van der Waals surface area contributed by atoms with Crippen LogP contribution in [-0.2, 0) is 15.6 Å². The van der Waals surface area contributed by atoms with E-state index >= 15 is 0 Å². The van der Waals surface area contributed by atoms with Gasteiger partial charge in [0.2, 0.25) is 0 Å². The van der Waals surface area contributed by atoms with Gasteiger partial charge in [-0.3, -0.25) is 4.98 Å². The molecule has 94 valence electrons. The Bertz CT molecular complexity index is 673. The molecule has 0 bridgehead atoms. The molecule has 0 spiro atoms. The Morgan fingerprint density at radius 1 is 1.28 bits per heavy atom. The van der Waals surface area contributed by atoms with Gasteiger partial charge in [-0.15, -0.1) is 0 Å². The number of hydrogen-bond acceptors (Lipinski definition) is 3. The first-order chi connectivity index (χ1) is 8.49. The predicted octanol–water partition coefficient (Wildman–Crippen LogP) is 2.85. The van der Waals surface area contributed by atoms with Gasteiger partial charge < -0.3 is 0 Å². The average molecular weight is 286 g/mol. The Kier molecular flexibility index (Phi) is 3.63. The first-order valence-corrected chi connectivity index (χ1v) is 7.09. The molecule has 0 aliphatic heterocycles. The molecule has 0 aliphatic carbocycles. The van der Waals surface area contributed by atoms with Crippen molar-refractivity contribution in [2.45, 2.75) is 10.6 Å². The van der Waals surface area contributed by atoms with Crippen molar-refractivity contribution in [3.8, 4) is 0 Å². The maximum absolute atomic E-state index is 13.0. The van der Waals surface area contributed by atoms with E-state index in [9.17, 15) is 12.8 Å². The zero-order valence-electron chi connectivity index (χ0n) is 9.18. The lowest BCUT2D eigenvalue weighted by Gasteiger charge is -2.06. The molecule has 2 rings (SSSR count). The lowest BCUT2D eigenvalue weighted by molar-refractivity contribution is 0.590. The van der Waals surface area contributed by atoms with E-state index in [1.54, 1.807) is 0 Å². The van der Waals surface area contributed by atoms with Crippen molar-refractivity contribution in [3.05, 3.63) is 59.1 Å². The third kappa shape index (κ3) is 2.86. The van der Waals surface area contributed by atoms with Crippen LogP contribution in [-0.4, -0.2) is 13.4 Å². The summed E-state index contributed by atoms with van der Waals surface area (Å²) in [6.45, 7) is 0. The molecule has 0 saturated carbocycles. The highest BCUT2D eigenvalue weighted by atomic mass is 35.5. The first kappa shape index (κ1) is 13.0. The molecule has 0 unspecified atom stereocenters. The second-order valence-corrected chi connectivity index (χ2v) is 6.08. The van der Waals surface area contributed by atoms with E-state index in [2.05, 4.69) is 4.98 Å². The molecule has 0 aliphatic rings. The molecule has 0 saturated heterocycles. The van der Waals surface area contributed by atoms with Crippen LogP contribution in [0.2, 0.25) is 5.02 Å². The van der Waals surface area contributed by atoms with Crippen LogP contribution in [0.5, 0.6) is 0 Å². The molecular weight excluding hydrogens is 277 g/mol. The molecule has 1 aromatic heterocycles. The Balaban J connectivity index is 2.37. The molecule has 6 heteroatoms. The molecule has 0 amide bonds. The summed E-state index contributed by atoms with van der Waals surface area (Å²) in [5.41, 5.74) is 0.441. The fraction of sp³-hybridized carbons (Fsp3) is 0.0833. The van der Waals surface area contributed by atoms with Crippen molar-refractivity contribution >= 4 is 21.4 Å². The molecule has 0 radical (unpaired) electrons. The van der Waals surface area contributed by atoms with Crippen LogP contribution < -0.4 is 0 Å². The highest BCUT2D eigenvalue weighted by Crippen LogP contribution is 2.21. The van der Waals surface area contributed by atoms with Gasteiger partial charge in [0.25, 0.3) is 0 Å². The normalized spacial score (nSPS) is 11.4. The highest BCUT2D eigenvalue weighted by molar-refractivity contribution is 7.90. The summed E-state index contributed by atoms with van der Waals surface area (Å²) >= 11 is 5.85. The summed E-state index contributed by atoms with van der Waals surface area (Å²) < 4.78 is 37.1. The van der Waals surface area contributed by atoms with Gasteiger partial charge in [-0.2, -0.15) is 0 Å². The molecule has 1 heterocycles. The molecule has 0 atom stereocenters. The number of rotatable bonds is 3. The van der Waals surface area contributed by atoms with Crippen molar-refractivity contribution in [2.75, 3.05) is 0 Å². The minimum atomic E-state index is -3.61. The standard InChI is InChI=1S/C12H9ClFNO2S/c13-12-7-15-5-4-9(12)8-18(16,17)11-3-1-2-10(14)6-11/h1-7H,8H2. The molecule has 3 nitrogen and oxygen atoms in total. The lowest BCUT2D eigenvalue weighted by Crippen LogP contribution is -2.05. The average Bonchev–Trinajstić information content (AvgIpc) is 2.32. The van der Waals surface area contributed by atoms with Crippen LogP contribution >= 0.6 is 11.6 Å². The Hall–Kier alpha value is -1.46. The van der Waals surface area contributed by atoms with Crippen molar-refractivity contribution < 1.29 is 12.8 Å². The molecule has 2 aromatic rings. The second-order valence-electron chi connectivity index (χ2n) is 3.68. The predicted molar refractivity (Wildman–Crippen MR) is 66.5 cm³/mol. The van der Waals surface area contributed by atoms with Crippen molar-refractivity contribution in [1.29, 1.82) is 0 Å². The summed E-state index contributed by atoms with van der Waals surface area (Å²) in [5.74, 6) is -0.866. The molecule has 0 N–H and O–H groups in total. The van der Waals surface area contributed by atoms with Gasteiger partial charge in [-0.1, -0.05) is 17.7 Å². The summed E-state index contributed by atoms with van der Waals surface area (Å²) in [6.07, 6.45) is 2.83. The van der Waals surface area contributed by atoms with Gasteiger partial charge in [0.1, 0.15) is 5.82 Å². The Labute approximate surface area is 109 Å². The van der Waals surface area contributed by atoms with Crippen LogP contribution in [0.4, 0.5) is 4.39 Å². The number of aromatic nitrogens is 1. The quantitative estimate of drug-likeness (QED) is 0.871. The molecule has 1 aromatic carbocycles. The monoisotopic (exact) mass is 285 g/mol. The van der Waals surface area contributed by atoms with Crippen LogP contribution in [0.3, 0.4) is 0 Å². The highest BCUT2D eigenvalue weighted by Gasteiger charge is 2.17. The third-order valence-corrected chi connectivity index (χ3v) is 4.36. The minimum Gasteiger partial charge on any atom is -0.263 e. The fourth-order valence-corrected chi connectivity index (χ4v) is 3.14. The van der Waals surface area contributed by atoms with E-state index in [0.29, 0.717) is 5.56 Å². The Morgan fingerprint density at radius 2 is 2.06 bits per heavy atom. The van der Waals surface area contributed by atoms with Gasteiger partial charge in [0, 0.05) is 12.4 Å². The van der Waals surface area contributed by atoms with Crippen LogP contribution in [0.25, 0.3) is 0 Å². The van der Waals surface area contributed by atoms with Crippen molar-refractivity contribution in [1.82, 2.24) is 4.98 Å². The number of sulfone groups is 1. The number of halogens is 2. The smallest absolute Gasteiger partial charge is 0.182 e. The van der Waals surface area contributed by atoms with E-state index in [4.69, 9.17) is 11.6 Å². The number of nitrogens with zero attached hydrogens (tertiary/aromatic N) is 1. The molecule has 0 fully saturated rings. The summed E-state index contributed by atoms with van der Waals surface area (Å²) in [6, 6.07) is 6.42. The van der Waals surface area contributed by atoms with E-state index < -0.39 is 15.7 Å². The summed E-state index contributed by atoms with van der Waals surface area (Å²) in [5, 5.41) is 0.275. The molecular formula is C12H9ClFNO2S. The number of benzene rings is 1. The van der Waals surface area contributed by atoms with E-state index in [1.807, 2.05) is 0 Å². The van der Waals surface area contributed by atoms with Crippen LogP contribution in [0.15, 0.2) is 47.6 Å². The van der Waals surface area contributed by atoms with E-state index in [0.717, 1.165) is 6.07 Å². The van der Waals surface area contributed by atoms with Crippen LogP contribution in [0.1, 0.15) is 5.56 Å². The fourth-order valence-electron chi connectivity index (χ4n) is 1.47. The van der Waals surface area contributed by atoms with Gasteiger partial charge in [-0.25, -0.2) is 12.8 Å². The van der Waals surface area contributed by atoms with E-state index in [-0.39, 0.29) is 15.7 Å². The van der Waals surface area contributed by atoms with E-state index in [1.165, 1.54) is 36.7 Å². The molecule has 18 heavy (non-hydrogen) atoms. The van der Waals surface area contributed by atoms with Gasteiger partial charge in [-0.05, 0) is 29.8 Å². The third-order valence-electron chi connectivity index (χ3n) is 2.36. The maximum Gasteiger partial charge on any atom is 0.182 e. The SMILES string of the molecule is O=S(=O)(Cc1ccncc1Cl)c1cccc(F)c1. The summed E-state index contributed by atoms with van der Waals surface area (Å²) in [7, 11) is -3.61. The maximum atomic E-state index is 13.0. The topological polar surface area (TPSA) is 47.0 Å². The van der Waals surface area contributed by atoms with Gasteiger partial charge in [0.15, 0.2) is 9.84 Å². The van der Waals surface area contributed by atoms with Crippen LogP contribution in [0, 0.1) is 5.82 Å². The Morgan fingerprint density at radius 3 is 2.72 bits per heavy atom. The number of hydrogen-bond donors (Lipinski definition) is 0. The zero-order valence-corrected chi connectivity index (χ0v) is 10.7. The lowest BCUT2D eigenvalue weighted by atomic mass is 10.3.